The number of carbonyl (C=O) groups is 1. The first-order chi connectivity index (χ1) is 9.75. The second kappa shape index (κ2) is 6.26. The molecule has 0 aromatic heterocycles. The van der Waals surface area contributed by atoms with Crippen molar-refractivity contribution in [3.63, 3.8) is 0 Å². The first kappa shape index (κ1) is 16.8. The van der Waals surface area contributed by atoms with Crippen molar-refractivity contribution in [3.8, 4) is 0 Å². The monoisotopic (exact) mass is 365 g/mol. The molecule has 0 spiro atoms. The fourth-order valence-corrected chi connectivity index (χ4v) is 2.57. The van der Waals surface area contributed by atoms with Crippen molar-refractivity contribution in [3.05, 3.63) is 29.8 Å². The highest BCUT2D eigenvalue weighted by Crippen LogP contribution is 2.36. The number of benzene rings is 1. The van der Waals surface area contributed by atoms with E-state index in [0.29, 0.717) is 5.69 Å². The summed E-state index contributed by atoms with van der Waals surface area (Å²) in [6, 6.07) is 7.09. The summed E-state index contributed by atoms with van der Waals surface area (Å²) in [5.41, 5.74) is 4.72. The van der Waals surface area contributed by atoms with Crippen molar-refractivity contribution >= 4 is 64.1 Å². The Morgan fingerprint density at radius 2 is 1.90 bits per heavy atom. The zero-order valence-electron chi connectivity index (χ0n) is 11.4. The molecule has 1 aliphatic heterocycles. The molecule has 8 heteroatoms. The van der Waals surface area contributed by atoms with Crippen molar-refractivity contribution in [2.75, 3.05) is 4.90 Å². The van der Waals surface area contributed by atoms with E-state index in [1.807, 2.05) is 38.1 Å². The molecule has 1 N–H and O–H groups in total. The maximum Gasteiger partial charge on any atom is 0.343 e. The Bertz CT molecular complexity index is 547. The topological polar surface area (TPSA) is 35.6 Å². The van der Waals surface area contributed by atoms with Gasteiger partial charge in [0, 0.05) is 11.6 Å². The van der Waals surface area contributed by atoms with E-state index < -0.39 is 16.1 Å². The minimum atomic E-state index is -1.88. The van der Waals surface area contributed by atoms with Gasteiger partial charge in [0.05, 0.1) is 0 Å². The normalized spacial score (nSPS) is 20.8. The van der Waals surface area contributed by atoms with E-state index in [4.69, 9.17) is 47.0 Å². The van der Waals surface area contributed by atoms with Gasteiger partial charge >= 0.3 is 6.03 Å². The summed E-state index contributed by atoms with van der Waals surface area (Å²) < 4.78 is -1.88. The molecule has 1 heterocycles. The highest BCUT2D eigenvalue weighted by atomic mass is 35.6. The Morgan fingerprint density at radius 3 is 2.38 bits per heavy atom. The number of rotatable bonds is 3. The zero-order valence-corrected chi connectivity index (χ0v) is 14.5. The Balaban J connectivity index is 2.41. The Hall–Kier alpha value is -0.590. The first-order valence-electron chi connectivity index (χ1n) is 6.24. The van der Waals surface area contributed by atoms with Gasteiger partial charge in [-0.05, 0) is 24.4 Å². The molecule has 0 saturated carbocycles. The van der Waals surface area contributed by atoms with Crippen LogP contribution in [0.3, 0.4) is 0 Å². The van der Waals surface area contributed by atoms with Crippen LogP contribution in [0.25, 0.3) is 0 Å². The van der Waals surface area contributed by atoms with Crippen LogP contribution in [0.4, 0.5) is 10.5 Å². The van der Waals surface area contributed by atoms with Crippen molar-refractivity contribution in [2.45, 2.75) is 23.9 Å². The Morgan fingerprint density at radius 1 is 1.33 bits per heavy atom. The third-order valence-corrected chi connectivity index (χ3v) is 4.15. The first-order valence-corrected chi connectivity index (χ1v) is 7.84. The van der Waals surface area contributed by atoms with Crippen LogP contribution in [0.1, 0.15) is 12.5 Å². The number of hydrazine groups is 1. The summed E-state index contributed by atoms with van der Waals surface area (Å²) in [6.45, 7) is 3.86. The molecular formula is C13H14Cl3N3OS. The molecule has 0 radical (unpaired) electrons. The molecule has 1 aromatic carbocycles. The molecule has 2 unspecified atom stereocenters. The molecule has 4 nitrogen and oxygen atoms in total. The van der Waals surface area contributed by atoms with Crippen LogP contribution in [0, 0.1) is 12.8 Å². The molecule has 2 atom stereocenters. The van der Waals surface area contributed by atoms with Crippen LogP contribution in [-0.4, -0.2) is 26.5 Å². The summed E-state index contributed by atoms with van der Waals surface area (Å²) in [5.74, 6) is -0.109. The van der Waals surface area contributed by atoms with Crippen LogP contribution in [0.15, 0.2) is 24.3 Å². The van der Waals surface area contributed by atoms with E-state index in [0.717, 1.165) is 10.6 Å². The number of anilines is 1. The Labute approximate surface area is 143 Å². The van der Waals surface area contributed by atoms with E-state index in [1.165, 1.54) is 4.90 Å². The quantitative estimate of drug-likeness (QED) is 0.498. The number of aryl methyl sites for hydroxylation is 1. The number of alkyl halides is 3. The second-order valence-corrected chi connectivity index (χ2v) is 7.35. The number of nitrogens with zero attached hydrogens (tertiary/aromatic N) is 2. The average molecular weight is 367 g/mol. The van der Waals surface area contributed by atoms with Gasteiger partial charge in [-0.2, -0.15) is 0 Å². The van der Waals surface area contributed by atoms with Crippen LogP contribution < -0.4 is 10.3 Å². The molecule has 2 rings (SSSR count). The molecule has 1 aliphatic rings. The third kappa shape index (κ3) is 3.43. The summed E-state index contributed by atoms with van der Waals surface area (Å²) >= 11 is 22.5. The van der Waals surface area contributed by atoms with Crippen molar-refractivity contribution in [2.24, 2.45) is 5.92 Å². The molecule has 1 fully saturated rings. The number of nitrogens with one attached hydrogen (secondary N) is 1. The highest BCUT2D eigenvalue weighted by Gasteiger charge is 2.48. The lowest BCUT2D eigenvalue weighted by Crippen LogP contribution is -2.46. The van der Waals surface area contributed by atoms with Gasteiger partial charge in [0.2, 0.25) is 0 Å². The van der Waals surface area contributed by atoms with Gasteiger partial charge < -0.3 is 0 Å². The molecule has 2 amide bonds. The predicted molar refractivity (Wildman–Crippen MR) is 90.9 cm³/mol. The number of urea groups is 1. The summed E-state index contributed by atoms with van der Waals surface area (Å²) in [7, 11) is 0. The van der Waals surface area contributed by atoms with Gasteiger partial charge in [0.25, 0.3) is 3.92 Å². The molecule has 114 valence electrons. The molecule has 1 saturated heterocycles. The number of hydrogen-bond donors (Lipinski definition) is 1. The number of halogens is 3. The SMILES string of the molecule is Cc1ccc(N2C(=O)N(C(Cl)(Cl)Cl)NC2C(C)C=S)cc1. The minimum absolute atomic E-state index is 0.109. The van der Waals surface area contributed by atoms with E-state index in [9.17, 15) is 4.79 Å². The van der Waals surface area contributed by atoms with Crippen LogP contribution >= 0.6 is 47.0 Å². The minimum Gasteiger partial charge on any atom is -0.275 e. The standard InChI is InChI=1S/C13H14Cl3N3OS/c1-8-3-5-10(6-4-8)18-11(9(2)7-21)17-19(12(18)20)13(14,15)16/h3-7,9,11,17H,1-2H3. The highest BCUT2D eigenvalue weighted by molar-refractivity contribution is 7.79. The average Bonchev–Trinajstić information content (AvgIpc) is 2.76. The maximum atomic E-state index is 12.6. The lowest BCUT2D eigenvalue weighted by Gasteiger charge is -2.25. The molecule has 1 aromatic rings. The van der Waals surface area contributed by atoms with Crippen molar-refractivity contribution < 1.29 is 4.79 Å². The molecule has 0 bridgehead atoms. The number of hydrogen-bond acceptors (Lipinski definition) is 3. The van der Waals surface area contributed by atoms with Crippen molar-refractivity contribution in [1.82, 2.24) is 10.4 Å². The van der Waals surface area contributed by atoms with E-state index in [2.05, 4.69) is 5.43 Å². The fourth-order valence-electron chi connectivity index (χ4n) is 2.06. The Kier molecular flexibility index (Phi) is 5.00. The predicted octanol–water partition coefficient (Wildman–Crippen LogP) is 4.03. The summed E-state index contributed by atoms with van der Waals surface area (Å²) in [5, 5.41) is 2.56. The van der Waals surface area contributed by atoms with Crippen molar-refractivity contribution in [1.29, 1.82) is 0 Å². The van der Waals surface area contributed by atoms with Crippen LogP contribution in [0.2, 0.25) is 0 Å². The number of thiocarbonyl (C=S) groups is 1. The zero-order chi connectivity index (χ0) is 15.8. The largest absolute Gasteiger partial charge is 0.343 e. The summed E-state index contributed by atoms with van der Waals surface area (Å²) in [6.07, 6.45) is -0.409. The third-order valence-electron chi connectivity index (χ3n) is 3.22. The fraction of sp³-hybridized carbons (Fsp3) is 0.385. The van der Waals surface area contributed by atoms with Gasteiger partial charge in [0.15, 0.2) is 0 Å². The number of amides is 2. The van der Waals surface area contributed by atoms with Gasteiger partial charge in [-0.1, -0.05) is 71.6 Å². The van der Waals surface area contributed by atoms with E-state index >= 15 is 0 Å². The lowest BCUT2D eigenvalue weighted by atomic mass is 10.1. The second-order valence-electron chi connectivity index (χ2n) is 4.86. The smallest absolute Gasteiger partial charge is 0.275 e. The van der Waals surface area contributed by atoms with Crippen LogP contribution in [0.5, 0.6) is 0 Å². The maximum absolute atomic E-state index is 12.6. The van der Waals surface area contributed by atoms with Gasteiger partial charge in [-0.25, -0.2) is 15.2 Å². The van der Waals surface area contributed by atoms with E-state index in [-0.39, 0.29) is 5.92 Å². The van der Waals surface area contributed by atoms with Gasteiger partial charge in [-0.15, -0.1) is 0 Å². The van der Waals surface area contributed by atoms with Gasteiger partial charge in [0.1, 0.15) is 6.17 Å². The van der Waals surface area contributed by atoms with E-state index in [1.54, 1.807) is 5.37 Å². The number of carbonyl (C=O) groups excluding carboxylic acids is 1. The lowest BCUT2D eigenvalue weighted by molar-refractivity contribution is 0.196. The molecular weight excluding hydrogens is 353 g/mol. The van der Waals surface area contributed by atoms with Gasteiger partial charge in [-0.3, -0.25) is 4.90 Å². The van der Waals surface area contributed by atoms with Crippen LogP contribution in [-0.2, 0) is 0 Å². The summed E-state index contributed by atoms with van der Waals surface area (Å²) in [4.78, 5) is 14.1. The molecule has 0 aliphatic carbocycles. The molecule has 21 heavy (non-hydrogen) atoms.